The largest absolute Gasteiger partial charge is 0.497 e. The normalized spacial score (nSPS) is 18.4. The first-order chi connectivity index (χ1) is 9.60. The molecule has 1 aliphatic rings. The molecule has 0 bridgehead atoms. The Morgan fingerprint density at radius 1 is 1.45 bits per heavy atom. The second kappa shape index (κ2) is 6.23. The maximum absolute atomic E-state index is 12.0. The number of ether oxygens (including phenoxy) is 1. The van der Waals surface area contributed by atoms with E-state index in [0.29, 0.717) is 13.0 Å². The molecule has 1 aliphatic heterocycles. The van der Waals surface area contributed by atoms with Crippen molar-refractivity contribution in [2.45, 2.75) is 6.42 Å². The number of carboxylic acid groups (broad SMARTS) is 1. The molecule has 0 unspecified atom stereocenters. The summed E-state index contributed by atoms with van der Waals surface area (Å²) in [4.78, 5) is 24.4. The van der Waals surface area contributed by atoms with E-state index in [1.807, 2.05) is 24.3 Å². The zero-order valence-electron chi connectivity index (χ0n) is 11.3. The molecule has 5 heteroatoms. The molecular weight excluding hydrogens is 258 g/mol. The topological polar surface area (TPSA) is 66.8 Å². The fraction of sp³-hybridized carbons (Fsp3) is 0.333. The number of hydrogen-bond donors (Lipinski definition) is 1. The second-order valence-corrected chi connectivity index (χ2v) is 4.72. The number of carbonyl (C=O) groups is 2. The Morgan fingerprint density at radius 3 is 2.90 bits per heavy atom. The van der Waals surface area contributed by atoms with Gasteiger partial charge in [0.25, 0.3) is 0 Å². The summed E-state index contributed by atoms with van der Waals surface area (Å²) in [5, 5.41) is 8.91. The second-order valence-electron chi connectivity index (χ2n) is 4.72. The molecule has 1 N–H and O–H groups in total. The first kappa shape index (κ1) is 14.1. The van der Waals surface area contributed by atoms with Crippen molar-refractivity contribution in [3.8, 4) is 5.75 Å². The number of hydrogen-bond acceptors (Lipinski definition) is 3. The van der Waals surface area contributed by atoms with Gasteiger partial charge in [-0.2, -0.15) is 0 Å². The molecule has 1 amide bonds. The van der Waals surface area contributed by atoms with Gasteiger partial charge in [-0.15, -0.1) is 0 Å². The summed E-state index contributed by atoms with van der Waals surface area (Å²) < 4.78 is 5.11. The van der Waals surface area contributed by atoms with Crippen LogP contribution in [0.15, 0.2) is 30.3 Å². The van der Waals surface area contributed by atoms with E-state index in [0.717, 1.165) is 11.3 Å². The first-order valence-electron chi connectivity index (χ1n) is 6.44. The number of benzene rings is 1. The predicted molar refractivity (Wildman–Crippen MR) is 74.4 cm³/mol. The average molecular weight is 275 g/mol. The van der Waals surface area contributed by atoms with Crippen molar-refractivity contribution in [1.82, 2.24) is 4.90 Å². The summed E-state index contributed by atoms with van der Waals surface area (Å²) in [7, 11) is 1.59. The standard InChI is InChI=1S/C15H17NO4/c1-20-13-4-2-3-11(9-13)5-6-14(17)16-8-7-12(10-16)15(18)19/h2-6,9,12H,7-8,10H2,1H3,(H,18,19)/b6-5+/t12-/m0/s1. The van der Waals surface area contributed by atoms with Gasteiger partial charge in [0.15, 0.2) is 0 Å². The Balaban J connectivity index is 1.97. The predicted octanol–water partition coefficient (Wildman–Crippen LogP) is 1.64. The molecule has 5 nitrogen and oxygen atoms in total. The maximum Gasteiger partial charge on any atom is 0.308 e. The van der Waals surface area contributed by atoms with Crippen LogP contribution < -0.4 is 4.74 Å². The van der Waals surface area contributed by atoms with Crippen LogP contribution in [0.1, 0.15) is 12.0 Å². The van der Waals surface area contributed by atoms with Crippen LogP contribution in [-0.4, -0.2) is 42.1 Å². The van der Waals surface area contributed by atoms with E-state index < -0.39 is 11.9 Å². The minimum atomic E-state index is -0.836. The zero-order valence-corrected chi connectivity index (χ0v) is 11.3. The highest BCUT2D eigenvalue weighted by Crippen LogP contribution is 2.17. The highest BCUT2D eigenvalue weighted by Gasteiger charge is 2.29. The summed E-state index contributed by atoms with van der Waals surface area (Å²) in [6.07, 6.45) is 3.70. The van der Waals surface area contributed by atoms with Gasteiger partial charge in [0, 0.05) is 19.2 Å². The van der Waals surface area contributed by atoms with Crippen LogP contribution in [0.5, 0.6) is 5.75 Å². The summed E-state index contributed by atoms with van der Waals surface area (Å²) in [5.74, 6) is -0.704. The van der Waals surface area contributed by atoms with E-state index in [4.69, 9.17) is 9.84 Å². The van der Waals surface area contributed by atoms with Crippen molar-refractivity contribution in [2.24, 2.45) is 5.92 Å². The van der Waals surface area contributed by atoms with Crippen molar-refractivity contribution in [3.63, 3.8) is 0 Å². The lowest BCUT2D eigenvalue weighted by atomic mass is 10.1. The minimum absolute atomic E-state index is 0.156. The van der Waals surface area contributed by atoms with E-state index in [2.05, 4.69) is 0 Å². The molecule has 0 saturated carbocycles. The molecule has 0 spiro atoms. The van der Waals surface area contributed by atoms with Gasteiger partial charge in [0.2, 0.25) is 5.91 Å². The fourth-order valence-corrected chi connectivity index (χ4v) is 2.18. The average Bonchev–Trinajstić information content (AvgIpc) is 2.95. The molecule has 0 aliphatic carbocycles. The summed E-state index contributed by atoms with van der Waals surface area (Å²) in [5.41, 5.74) is 0.867. The van der Waals surface area contributed by atoms with Crippen LogP contribution in [0.3, 0.4) is 0 Å². The van der Waals surface area contributed by atoms with Gasteiger partial charge in [0.1, 0.15) is 5.75 Å². The zero-order chi connectivity index (χ0) is 14.5. The Labute approximate surface area is 117 Å². The Morgan fingerprint density at radius 2 is 2.25 bits per heavy atom. The molecule has 0 radical (unpaired) electrons. The van der Waals surface area contributed by atoms with E-state index in [9.17, 15) is 9.59 Å². The first-order valence-corrected chi connectivity index (χ1v) is 6.44. The number of likely N-dealkylation sites (tertiary alicyclic amines) is 1. The molecule has 1 heterocycles. The third-order valence-electron chi connectivity index (χ3n) is 3.36. The SMILES string of the molecule is COc1cccc(/C=C/C(=O)N2CC[C@H](C(=O)O)C2)c1. The minimum Gasteiger partial charge on any atom is -0.497 e. The van der Waals surface area contributed by atoms with Gasteiger partial charge < -0.3 is 14.7 Å². The molecule has 1 aromatic carbocycles. The Kier molecular flexibility index (Phi) is 4.40. The molecule has 0 aromatic heterocycles. The van der Waals surface area contributed by atoms with E-state index >= 15 is 0 Å². The third kappa shape index (κ3) is 3.38. The fourth-order valence-electron chi connectivity index (χ4n) is 2.18. The van der Waals surface area contributed by atoms with Crippen molar-refractivity contribution in [2.75, 3.05) is 20.2 Å². The molecular formula is C15H17NO4. The third-order valence-corrected chi connectivity index (χ3v) is 3.36. The summed E-state index contributed by atoms with van der Waals surface area (Å²) in [6.45, 7) is 0.787. The monoisotopic (exact) mass is 275 g/mol. The van der Waals surface area contributed by atoms with Gasteiger partial charge in [-0.05, 0) is 30.2 Å². The Hall–Kier alpha value is -2.30. The summed E-state index contributed by atoms with van der Waals surface area (Å²) >= 11 is 0. The molecule has 106 valence electrons. The van der Waals surface area contributed by atoms with Gasteiger partial charge in [-0.3, -0.25) is 9.59 Å². The lowest BCUT2D eigenvalue weighted by molar-refractivity contribution is -0.141. The lowest BCUT2D eigenvalue weighted by Crippen LogP contribution is -2.28. The molecule has 20 heavy (non-hydrogen) atoms. The molecule has 1 saturated heterocycles. The lowest BCUT2D eigenvalue weighted by Gasteiger charge is -2.12. The van der Waals surface area contributed by atoms with Crippen LogP contribution in [0, 0.1) is 5.92 Å². The smallest absolute Gasteiger partial charge is 0.308 e. The molecule has 1 fully saturated rings. The van der Waals surface area contributed by atoms with Crippen LogP contribution in [-0.2, 0) is 9.59 Å². The van der Waals surface area contributed by atoms with Gasteiger partial charge >= 0.3 is 5.97 Å². The molecule has 1 aromatic rings. The van der Waals surface area contributed by atoms with Gasteiger partial charge in [0.05, 0.1) is 13.0 Å². The van der Waals surface area contributed by atoms with E-state index in [1.165, 1.54) is 6.08 Å². The van der Waals surface area contributed by atoms with E-state index in [1.54, 1.807) is 18.1 Å². The van der Waals surface area contributed by atoms with Gasteiger partial charge in [-0.1, -0.05) is 12.1 Å². The van der Waals surface area contributed by atoms with Crippen molar-refractivity contribution in [1.29, 1.82) is 0 Å². The quantitative estimate of drug-likeness (QED) is 0.848. The highest BCUT2D eigenvalue weighted by molar-refractivity contribution is 5.92. The number of carboxylic acids is 1. The number of rotatable bonds is 4. The van der Waals surface area contributed by atoms with Crippen molar-refractivity contribution >= 4 is 18.0 Å². The number of methoxy groups -OCH3 is 1. The van der Waals surface area contributed by atoms with Gasteiger partial charge in [-0.25, -0.2) is 0 Å². The van der Waals surface area contributed by atoms with Crippen LogP contribution in [0.25, 0.3) is 6.08 Å². The Bertz CT molecular complexity index is 538. The van der Waals surface area contributed by atoms with Crippen molar-refractivity contribution in [3.05, 3.63) is 35.9 Å². The van der Waals surface area contributed by atoms with Crippen LogP contribution in [0.4, 0.5) is 0 Å². The maximum atomic E-state index is 12.0. The number of aliphatic carboxylic acids is 1. The highest BCUT2D eigenvalue weighted by atomic mass is 16.5. The molecule has 2 rings (SSSR count). The number of nitrogens with zero attached hydrogens (tertiary/aromatic N) is 1. The summed E-state index contributed by atoms with van der Waals surface area (Å²) in [6, 6.07) is 7.38. The van der Waals surface area contributed by atoms with Crippen LogP contribution >= 0.6 is 0 Å². The number of amides is 1. The molecule has 1 atom stereocenters. The van der Waals surface area contributed by atoms with Crippen molar-refractivity contribution < 1.29 is 19.4 Å². The van der Waals surface area contributed by atoms with E-state index in [-0.39, 0.29) is 12.5 Å². The van der Waals surface area contributed by atoms with Crippen LogP contribution in [0.2, 0.25) is 0 Å². The number of carbonyl (C=O) groups excluding carboxylic acids is 1.